The number of pyridine rings is 1. The van der Waals surface area contributed by atoms with Gasteiger partial charge in [0, 0.05) is 60.5 Å². The van der Waals surface area contributed by atoms with Gasteiger partial charge in [0.2, 0.25) is 0 Å². The average Bonchev–Trinajstić information content (AvgIpc) is 2.78. The molecule has 0 bridgehead atoms. The van der Waals surface area contributed by atoms with Crippen LogP contribution in [0.25, 0.3) is 11.3 Å². The van der Waals surface area contributed by atoms with Gasteiger partial charge in [-0.05, 0) is 62.9 Å². The maximum atomic E-state index is 12.6. The molecule has 0 aliphatic carbocycles. The second kappa shape index (κ2) is 9.42. The quantitative estimate of drug-likeness (QED) is 0.473. The molecule has 0 atom stereocenters. The van der Waals surface area contributed by atoms with Crippen LogP contribution < -0.4 is 15.4 Å². The highest BCUT2D eigenvalue weighted by atomic mass is 16.5. The Labute approximate surface area is 194 Å². The van der Waals surface area contributed by atoms with E-state index in [0.29, 0.717) is 22.8 Å². The molecular formula is C26H29N5O2. The first-order valence-corrected chi connectivity index (χ1v) is 11.0. The van der Waals surface area contributed by atoms with Crippen LogP contribution in [-0.4, -0.2) is 54.7 Å². The number of carbonyl (C=O) groups excluding carboxylic acids is 1. The van der Waals surface area contributed by atoms with Crippen molar-refractivity contribution in [2.75, 3.05) is 32.5 Å². The van der Waals surface area contributed by atoms with Crippen molar-refractivity contribution < 1.29 is 9.53 Å². The van der Waals surface area contributed by atoms with Crippen molar-refractivity contribution in [2.45, 2.75) is 19.9 Å². The van der Waals surface area contributed by atoms with Gasteiger partial charge < -0.3 is 25.7 Å². The van der Waals surface area contributed by atoms with Crippen molar-refractivity contribution >= 4 is 17.3 Å². The van der Waals surface area contributed by atoms with Gasteiger partial charge in [0.1, 0.15) is 11.5 Å². The summed E-state index contributed by atoms with van der Waals surface area (Å²) in [5, 5.41) is 14.2. The predicted octanol–water partition coefficient (Wildman–Crippen LogP) is 4.32. The van der Waals surface area contributed by atoms with Gasteiger partial charge in [0.15, 0.2) is 0 Å². The summed E-state index contributed by atoms with van der Waals surface area (Å²) in [4.78, 5) is 19.3. The first kappa shape index (κ1) is 22.5. The third kappa shape index (κ3) is 5.04. The number of benzene rings is 2. The number of ether oxygens (including phenoxy) is 1. The molecule has 1 amide bonds. The number of nitrogens with one attached hydrogen (secondary N) is 3. The van der Waals surface area contributed by atoms with Crippen LogP contribution in [0.3, 0.4) is 0 Å². The van der Waals surface area contributed by atoms with Crippen molar-refractivity contribution in [1.29, 1.82) is 5.41 Å². The van der Waals surface area contributed by atoms with Crippen molar-refractivity contribution in [3.05, 3.63) is 71.4 Å². The highest BCUT2D eigenvalue weighted by Crippen LogP contribution is 2.29. The molecule has 170 valence electrons. The van der Waals surface area contributed by atoms with Crippen molar-refractivity contribution in [1.82, 2.24) is 15.2 Å². The van der Waals surface area contributed by atoms with E-state index in [-0.39, 0.29) is 11.9 Å². The van der Waals surface area contributed by atoms with E-state index in [0.717, 1.165) is 41.2 Å². The van der Waals surface area contributed by atoms with E-state index in [9.17, 15) is 4.79 Å². The molecule has 3 aromatic rings. The number of nitrogens with zero attached hydrogens (tertiary/aromatic N) is 2. The van der Waals surface area contributed by atoms with Crippen LogP contribution in [0.15, 0.2) is 54.7 Å². The molecule has 2 heterocycles. The number of anilines is 1. The zero-order chi connectivity index (χ0) is 23.5. The Morgan fingerprint density at radius 1 is 1.09 bits per heavy atom. The summed E-state index contributed by atoms with van der Waals surface area (Å²) in [7, 11) is 3.87. The molecule has 33 heavy (non-hydrogen) atoms. The molecule has 0 spiro atoms. The Bertz CT molecular complexity index is 1200. The number of amides is 1. The Kier molecular flexibility index (Phi) is 6.42. The highest BCUT2D eigenvalue weighted by molar-refractivity contribution is 6.01. The van der Waals surface area contributed by atoms with E-state index in [1.807, 2.05) is 63.5 Å². The summed E-state index contributed by atoms with van der Waals surface area (Å²) < 4.78 is 6.06. The minimum absolute atomic E-state index is 0.0375. The van der Waals surface area contributed by atoms with Crippen molar-refractivity contribution in [3.8, 4) is 22.8 Å². The SMILES string of the molecule is CNc1ccc(Oc2ccnc(-c3ccc(C(=O)NC4CN(C)C4)c(C)c3)c2)cc1C(C)=N. The fourth-order valence-electron chi connectivity index (χ4n) is 4.01. The van der Waals surface area contributed by atoms with Crippen molar-refractivity contribution in [2.24, 2.45) is 0 Å². The van der Waals surface area contributed by atoms with Crippen LogP contribution >= 0.6 is 0 Å². The molecule has 1 aliphatic heterocycles. The number of rotatable bonds is 7. The van der Waals surface area contributed by atoms with E-state index in [2.05, 4.69) is 20.5 Å². The summed E-state index contributed by atoms with van der Waals surface area (Å²) in [5.74, 6) is 1.27. The molecule has 1 aliphatic rings. The monoisotopic (exact) mass is 443 g/mol. The van der Waals surface area contributed by atoms with E-state index >= 15 is 0 Å². The molecule has 0 radical (unpaired) electrons. The Balaban J connectivity index is 1.52. The molecule has 7 heteroatoms. The summed E-state index contributed by atoms with van der Waals surface area (Å²) in [5.41, 5.74) is 5.40. The Morgan fingerprint density at radius 3 is 2.52 bits per heavy atom. The van der Waals surface area contributed by atoms with Crippen LogP contribution in [0.2, 0.25) is 0 Å². The second-order valence-electron chi connectivity index (χ2n) is 8.48. The van der Waals surface area contributed by atoms with E-state index in [1.54, 1.807) is 19.2 Å². The molecule has 7 nitrogen and oxygen atoms in total. The summed E-state index contributed by atoms with van der Waals surface area (Å²) in [6.45, 7) is 5.47. The fourth-order valence-corrected chi connectivity index (χ4v) is 4.01. The number of aryl methyl sites for hydroxylation is 1. The van der Waals surface area contributed by atoms with Gasteiger partial charge in [0.05, 0.1) is 11.7 Å². The first-order valence-electron chi connectivity index (χ1n) is 11.0. The molecule has 0 unspecified atom stereocenters. The van der Waals surface area contributed by atoms with Crippen molar-refractivity contribution in [3.63, 3.8) is 0 Å². The van der Waals surface area contributed by atoms with E-state index in [4.69, 9.17) is 10.1 Å². The fraction of sp³-hybridized carbons (Fsp3) is 0.269. The van der Waals surface area contributed by atoms with Crippen LogP contribution in [0, 0.1) is 12.3 Å². The minimum Gasteiger partial charge on any atom is -0.457 e. The molecule has 3 N–H and O–H groups in total. The van der Waals surface area contributed by atoms with Crippen LogP contribution in [0.1, 0.15) is 28.4 Å². The molecular weight excluding hydrogens is 414 g/mol. The lowest BCUT2D eigenvalue weighted by Crippen LogP contribution is -2.57. The zero-order valence-electron chi connectivity index (χ0n) is 19.4. The predicted molar refractivity (Wildman–Crippen MR) is 132 cm³/mol. The van der Waals surface area contributed by atoms with Gasteiger partial charge in [-0.3, -0.25) is 9.78 Å². The van der Waals surface area contributed by atoms with Crippen LogP contribution in [0.5, 0.6) is 11.5 Å². The lowest BCUT2D eigenvalue weighted by Gasteiger charge is -2.36. The largest absolute Gasteiger partial charge is 0.457 e. The second-order valence-corrected chi connectivity index (χ2v) is 8.48. The summed E-state index contributed by atoms with van der Waals surface area (Å²) in [6, 6.07) is 15.3. The highest BCUT2D eigenvalue weighted by Gasteiger charge is 2.25. The Hall–Kier alpha value is -3.71. The van der Waals surface area contributed by atoms with Gasteiger partial charge in [0.25, 0.3) is 5.91 Å². The van der Waals surface area contributed by atoms with Gasteiger partial charge >= 0.3 is 0 Å². The van der Waals surface area contributed by atoms with Gasteiger partial charge in [-0.15, -0.1) is 0 Å². The number of likely N-dealkylation sites (N-methyl/N-ethyl adjacent to an activating group) is 1. The zero-order valence-corrected chi connectivity index (χ0v) is 19.4. The normalized spacial score (nSPS) is 13.8. The molecule has 2 aromatic carbocycles. The molecule has 1 fully saturated rings. The van der Waals surface area contributed by atoms with Crippen LogP contribution in [-0.2, 0) is 0 Å². The molecule has 4 rings (SSSR count). The number of aromatic nitrogens is 1. The first-order chi connectivity index (χ1) is 15.8. The van der Waals surface area contributed by atoms with E-state index < -0.39 is 0 Å². The maximum Gasteiger partial charge on any atom is 0.251 e. The standard InChI is InChI=1S/C26H29N5O2/c1-16-11-18(5-7-22(16)26(32)30-19-14-31(4)15-19)25-13-21(9-10-29-25)33-20-6-8-24(28-3)23(12-20)17(2)27/h5-13,19,27-28H,14-15H2,1-4H3,(H,30,32). The number of hydrogen-bond acceptors (Lipinski definition) is 6. The Morgan fingerprint density at radius 2 is 1.85 bits per heavy atom. The summed E-state index contributed by atoms with van der Waals surface area (Å²) >= 11 is 0. The summed E-state index contributed by atoms with van der Waals surface area (Å²) in [6.07, 6.45) is 1.71. The lowest BCUT2D eigenvalue weighted by atomic mass is 10.0. The van der Waals surface area contributed by atoms with E-state index in [1.165, 1.54) is 0 Å². The third-order valence-electron chi connectivity index (χ3n) is 5.80. The molecule has 1 aromatic heterocycles. The molecule has 0 saturated carbocycles. The average molecular weight is 444 g/mol. The smallest absolute Gasteiger partial charge is 0.251 e. The lowest BCUT2D eigenvalue weighted by molar-refractivity contribution is 0.0857. The topological polar surface area (TPSA) is 90.3 Å². The number of likely N-dealkylation sites (tertiary alicyclic amines) is 1. The van der Waals surface area contributed by atoms with Gasteiger partial charge in [-0.25, -0.2) is 0 Å². The third-order valence-corrected chi connectivity index (χ3v) is 5.80. The van der Waals surface area contributed by atoms with Gasteiger partial charge in [-0.2, -0.15) is 0 Å². The van der Waals surface area contributed by atoms with Crippen LogP contribution in [0.4, 0.5) is 5.69 Å². The maximum absolute atomic E-state index is 12.6. The van der Waals surface area contributed by atoms with Gasteiger partial charge in [-0.1, -0.05) is 6.07 Å². The number of carbonyl (C=O) groups is 1. The number of hydrogen-bond donors (Lipinski definition) is 3. The molecule has 1 saturated heterocycles. The minimum atomic E-state index is -0.0375.